The van der Waals surface area contributed by atoms with Crippen molar-refractivity contribution in [3.05, 3.63) is 29.9 Å². The summed E-state index contributed by atoms with van der Waals surface area (Å²) >= 11 is 0. The summed E-state index contributed by atoms with van der Waals surface area (Å²) in [5.41, 5.74) is 1.04. The Kier molecular flexibility index (Phi) is 2.74. The molecule has 0 aromatic carbocycles. The molecule has 0 fully saturated rings. The van der Waals surface area contributed by atoms with E-state index in [1.807, 2.05) is 12.1 Å². The summed E-state index contributed by atoms with van der Waals surface area (Å²) in [5.74, 6) is 2.43. The van der Waals surface area contributed by atoms with Gasteiger partial charge in [0.2, 0.25) is 0 Å². The molecule has 0 saturated heterocycles. The summed E-state index contributed by atoms with van der Waals surface area (Å²) in [6.45, 7) is 0.349. The zero-order valence-corrected chi connectivity index (χ0v) is 6.86. The predicted molar refractivity (Wildman–Crippen MR) is 47.0 cm³/mol. The first-order chi connectivity index (χ1) is 6.33. The molecule has 0 unspecified atom stereocenters. The minimum atomic E-state index is 0.349. The van der Waals surface area contributed by atoms with Crippen molar-refractivity contribution in [3.63, 3.8) is 0 Å². The molecule has 0 bridgehead atoms. The van der Waals surface area contributed by atoms with E-state index in [-0.39, 0.29) is 0 Å². The summed E-state index contributed by atoms with van der Waals surface area (Å²) in [4.78, 5) is 0. The van der Waals surface area contributed by atoms with Crippen LogP contribution in [0, 0.1) is 41.4 Å². The van der Waals surface area contributed by atoms with Gasteiger partial charge in [-0.1, -0.05) is 5.92 Å². The normalized spacial score (nSPS) is 8.38. The predicted octanol–water partition coefficient (Wildman–Crippen LogP) is 1.07. The van der Waals surface area contributed by atoms with Crippen LogP contribution in [0.5, 0.6) is 0 Å². The van der Waals surface area contributed by atoms with Crippen LogP contribution in [0.15, 0.2) is 12.3 Å². The third-order valence-electron chi connectivity index (χ3n) is 1.58. The van der Waals surface area contributed by atoms with Gasteiger partial charge in [0.05, 0.1) is 19.0 Å². The lowest BCUT2D eigenvalue weighted by Crippen LogP contribution is -1.97. The van der Waals surface area contributed by atoms with Crippen molar-refractivity contribution in [1.29, 1.82) is 10.5 Å². The molecule has 1 rings (SSSR count). The highest BCUT2D eigenvalue weighted by Crippen LogP contribution is 2.11. The SMILES string of the molecule is C#CCn1ccc([CH]C#N)c1C#N. The molecule has 13 heavy (non-hydrogen) atoms. The van der Waals surface area contributed by atoms with E-state index in [9.17, 15) is 0 Å². The lowest BCUT2D eigenvalue weighted by Gasteiger charge is -1.97. The van der Waals surface area contributed by atoms with Crippen molar-refractivity contribution >= 4 is 0 Å². The number of aromatic nitrogens is 1. The first-order valence-corrected chi connectivity index (χ1v) is 3.59. The van der Waals surface area contributed by atoms with E-state index < -0.39 is 0 Å². The third-order valence-corrected chi connectivity index (χ3v) is 1.58. The van der Waals surface area contributed by atoms with Gasteiger partial charge < -0.3 is 4.57 Å². The van der Waals surface area contributed by atoms with Gasteiger partial charge in [0.25, 0.3) is 0 Å². The summed E-state index contributed by atoms with van der Waals surface area (Å²) in [6.07, 6.45) is 8.13. The summed E-state index contributed by atoms with van der Waals surface area (Å²) < 4.78 is 1.63. The van der Waals surface area contributed by atoms with Crippen molar-refractivity contribution in [2.75, 3.05) is 0 Å². The number of hydrogen-bond donors (Lipinski definition) is 0. The largest absolute Gasteiger partial charge is 0.328 e. The van der Waals surface area contributed by atoms with Crippen molar-refractivity contribution in [1.82, 2.24) is 4.57 Å². The number of rotatable bonds is 2. The maximum absolute atomic E-state index is 8.77. The molecular weight excluding hydrogens is 162 g/mol. The minimum absolute atomic E-state index is 0.349. The van der Waals surface area contributed by atoms with E-state index >= 15 is 0 Å². The molecule has 0 atom stereocenters. The van der Waals surface area contributed by atoms with Gasteiger partial charge in [-0.15, -0.1) is 6.42 Å². The molecule has 0 saturated carbocycles. The van der Waals surface area contributed by atoms with Crippen LogP contribution >= 0.6 is 0 Å². The van der Waals surface area contributed by atoms with Crippen LogP contribution in [0.4, 0.5) is 0 Å². The number of hydrogen-bond acceptors (Lipinski definition) is 2. The van der Waals surface area contributed by atoms with Gasteiger partial charge in [0.15, 0.2) is 0 Å². The van der Waals surface area contributed by atoms with Crippen LogP contribution in [0.25, 0.3) is 0 Å². The zero-order chi connectivity index (χ0) is 9.68. The molecule has 1 radical (unpaired) electrons. The van der Waals surface area contributed by atoms with Crippen LogP contribution < -0.4 is 0 Å². The summed E-state index contributed by atoms with van der Waals surface area (Å²) in [5, 5.41) is 17.2. The van der Waals surface area contributed by atoms with Crippen molar-refractivity contribution in [2.45, 2.75) is 6.54 Å². The standard InChI is InChI=1S/C10H6N3/c1-2-6-13-7-4-9(3-5-11)10(13)8-12/h1,3-4,7H,6H2. The highest BCUT2D eigenvalue weighted by molar-refractivity contribution is 5.41. The molecule has 0 spiro atoms. The Bertz CT molecular complexity index is 387. The molecule has 1 heterocycles. The lowest BCUT2D eigenvalue weighted by atomic mass is 10.2. The van der Waals surface area contributed by atoms with Crippen LogP contribution in [0.2, 0.25) is 0 Å². The average Bonchev–Trinajstić information content (AvgIpc) is 2.49. The lowest BCUT2D eigenvalue weighted by molar-refractivity contribution is 0.834. The first-order valence-electron chi connectivity index (χ1n) is 3.59. The van der Waals surface area contributed by atoms with Crippen LogP contribution in [0.3, 0.4) is 0 Å². The Morgan fingerprint density at radius 1 is 1.54 bits per heavy atom. The van der Waals surface area contributed by atoms with Crippen molar-refractivity contribution in [3.8, 4) is 24.5 Å². The number of terminal acetylenes is 1. The molecular formula is C10H6N3. The summed E-state index contributed by atoms with van der Waals surface area (Å²) in [7, 11) is 0. The Hall–Kier alpha value is -2.18. The zero-order valence-electron chi connectivity index (χ0n) is 6.86. The number of nitrogens with zero attached hydrogens (tertiary/aromatic N) is 3. The van der Waals surface area contributed by atoms with E-state index in [4.69, 9.17) is 16.9 Å². The summed E-state index contributed by atoms with van der Waals surface area (Å²) in [6, 6.07) is 5.57. The second-order valence-corrected chi connectivity index (χ2v) is 2.34. The molecule has 1 aromatic heterocycles. The third kappa shape index (κ3) is 1.70. The van der Waals surface area contributed by atoms with E-state index in [2.05, 4.69) is 5.92 Å². The van der Waals surface area contributed by atoms with Crippen molar-refractivity contribution < 1.29 is 0 Å². The van der Waals surface area contributed by atoms with E-state index in [0.29, 0.717) is 17.8 Å². The number of nitriles is 2. The molecule has 61 valence electrons. The molecule has 3 nitrogen and oxygen atoms in total. The average molecular weight is 168 g/mol. The fourth-order valence-corrected chi connectivity index (χ4v) is 1.03. The Morgan fingerprint density at radius 2 is 2.31 bits per heavy atom. The first kappa shape index (κ1) is 8.91. The van der Waals surface area contributed by atoms with Gasteiger partial charge in [-0.05, 0) is 6.07 Å². The monoisotopic (exact) mass is 168 g/mol. The molecule has 0 aliphatic rings. The maximum atomic E-state index is 8.77. The van der Waals surface area contributed by atoms with E-state index in [1.54, 1.807) is 16.8 Å². The van der Waals surface area contributed by atoms with Gasteiger partial charge in [-0.2, -0.15) is 10.5 Å². The Balaban J connectivity index is 3.08. The highest BCUT2D eigenvalue weighted by atomic mass is 15.0. The highest BCUT2D eigenvalue weighted by Gasteiger charge is 2.06. The minimum Gasteiger partial charge on any atom is -0.328 e. The van der Waals surface area contributed by atoms with E-state index in [1.165, 1.54) is 6.42 Å². The van der Waals surface area contributed by atoms with Crippen LogP contribution in [-0.2, 0) is 6.54 Å². The molecule has 0 N–H and O–H groups in total. The van der Waals surface area contributed by atoms with Gasteiger partial charge in [-0.3, -0.25) is 0 Å². The van der Waals surface area contributed by atoms with Crippen LogP contribution in [0.1, 0.15) is 11.3 Å². The molecule has 0 amide bonds. The quantitative estimate of drug-likeness (QED) is 0.620. The maximum Gasteiger partial charge on any atom is 0.125 e. The topological polar surface area (TPSA) is 52.5 Å². The van der Waals surface area contributed by atoms with Gasteiger partial charge >= 0.3 is 0 Å². The van der Waals surface area contributed by atoms with Crippen molar-refractivity contribution in [2.24, 2.45) is 0 Å². The molecule has 3 heteroatoms. The Labute approximate surface area is 76.8 Å². The molecule has 0 aliphatic heterocycles. The Morgan fingerprint density at radius 3 is 2.85 bits per heavy atom. The smallest absolute Gasteiger partial charge is 0.125 e. The fourth-order valence-electron chi connectivity index (χ4n) is 1.03. The van der Waals surface area contributed by atoms with Gasteiger partial charge in [0, 0.05) is 11.8 Å². The second-order valence-electron chi connectivity index (χ2n) is 2.34. The van der Waals surface area contributed by atoms with Gasteiger partial charge in [0.1, 0.15) is 11.8 Å². The molecule has 1 aromatic rings. The second kappa shape index (κ2) is 4.00. The van der Waals surface area contributed by atoms with Gasteiger partial charge in [-0.25, -0.2) is 0 Å². The molecule has 0 aliphatic carbocycles. The van der Waals surface area contributed by atoms with E-state index in [0.717, 1.165) is 0 Å². The van der Waals surface area contributed by atoms with Crippen LogP contribution in [-0.4, -0.2) is 4.57 Å². The fraction of sp³-hybridized carbons (Fsp3) is 0.100.